The Labute approximate surface area is 157 Å². The SMILES string of the molecule is COP(=S)(OC)SC(C)(O[Si](C)(C)C)P(=O)(OC(C)C)OC(C)C. The second kappa shape index (κ2) is 9.45. The zero-order chi connectivity index (χ0) is 19.4. The summed E-state index contributed by atoms with van der Waals surface area (Å²) in [5.41, 5.74) is -2.76. The predicted molar refractivity (Wildman–Crippen MR) is 109 cm³/mol. The van der Waals surface area contributed by atoms with Crippen molar-refractivity contribution in [2.24, 2.45) is 0 Å². The summed E-state index contributed by atoms with van der Waals surface area (Å²) in [7, 11) is -2.87. The second-order valence-electron chi connectivity index (χ2n) is 6.82. The molecule has 6 nitrogen and oxygen atoms in total. The summed E-state index contributed by atoms with van der Waals surface area (Å²) in [6.45, 7) is 14.9. The Balaban J connectivity index is 6.12. The molecule has 146 valence electrons. The zero-order valence-electron chi connectivity index (χ0n) is 16.3. The number of hydrogen-bond acceptors (Lipinski definition) is 8. The lowest BCUT2D eigenvalue weighted by molar-refractivity contribution is 0.101. The first kappa shape index (κ1) is 25.2. The highest BCUT2D eigenvalue weighted by Gasteiger charge is 2.55. The van der Waals surface area contributed by atoms with Gasteiger partial charge in [-0.25, -0.2) is 0 Å². The van der Waals surface area contributed by atoms with Gasteiger partial charge in [0.1, 0.15) is 0 Å². The summed E-state index contributed by atoms with van der Waals surface area (Å²) >= 11 is 6.56. The minimum atomic E-state index is -3.70. The van der Waals surface area contributed by atoms with Gasteiger partial charge in [-0.1, -0.05) is 0 Å². The molecule has 1 unspecified atom stereocenters. The van der Waals surface area contributed by atoms with Crippen LogP contribution in [0, 0.1) is 0 Å². The van der Waals surface area contributed by atoms with E-state index in [9.17, 15) is 4.57 Å². The third kappa shape index (κ3) is 7.87. The van der Waals surface area contributed by atoms with E-state index in [0.29, 0.717) is 0 Å². The molecule has 24 heavy (non-hydrogen) atoms. The van der Waals surface area contributed by atoms with Crippen LogP contribution in [0.3, 0.4) is 0 Å². The Bertz CT molecular complexity index is 475. The van der Waals surface area contributed by atoms with E-state index in [1.807, 2.05) is 19.6 Å². The Morgan fingerprint density at radius 2 is 1.38 bits per heavy atom. The number of rotatable bonds is 11. The van der Waals surface area contributed by atoms with Crippen LogP contribution in [-0.4, -0.2) is 39.4 Å². The van der Waals surface area contributed by atoms with Gasteiger partial charge in [0, 0.05) is 14.2 Å². The van der Waals surface area contributed by atoms with Crippen LogP contribution in [-0.2, 0) is 38.9 Å². The van der Waals surface area contributed by atoms with Crippen molar-refractivity contribution in [3.05, 3.63) is 0 Å². The fourth-order valence-electron chi connectivity index (χ4n) is 1.82. The first-order chi connectivity index (χ1) is 10.6. The van der Waals surface area contributed by atoms with Gasteiger partial charge in [-0.3, -0.25) is 4.57 Å². The Morgan fingerprint density at radius 3 is 1.62 bits per heavy atom. The minimum absolute atomic E-state index is 0.303. The smallest absolute Gasteiger partial charge is 0.372 e. The van der Waals surface area contributed by atoms with Crippen LogP contribution in [0.2, 0.25) is 19.6 Å². The summed E-state index contributed by atoms with van der Waals surface area (Å²) in [5, 5.41) is 0. The molecule has 0 saturated carbocycles. The fourth-order valence-corrected chi connectivity index (χ4v) is 13.7. The van der Waals surface area contributed by atoms with Crippen LogP contribution >= 0.6 is 24.7 Å². The van der Waals surface area contributed by atoms with E-state index in [4.69, 9.17) is 34.3 Å². The molecule has 0 radical (unpaired) electrons. The van der Waals surface area contributed by atoms with Gasteiger partial charge in [0.2, 0.25) is 10.4 Å². The van der Waals surface area contributed by atoms with Crippen LogP contribution in [0.25, 0.3) is 0 Å². The third-order valence-electron chi connectivity index (χ3n) is 2.42. The first-order valence-corrected chi connectivity index (χ1v) is 16.7. The molecule has 0 fully saturated rings. The molecule has 0 aliphatic heterocycles. The van der Waals surface area contributed by atoms with Gasteiger partial charge in [0.25, 0.3) is 0 Å². The van der Waals surface area contributed by atoms with Crippen molar-refractivity contribution in [2.45, 2.75) is 71.1 Å². The monoisotopic (exact) mass is 438 g/mol. The second-order valence-corrected chi connectivity index (χ2v) is 20.5. The maximum Gasteiger partial charge on any atom is 0.372 e. The van der Waals surface area contributed by atoms with Crippen molar-refractivity contribution in [3.63, 3.8) is 0 Å². The molecule has 0 aliphatic carbocycles. The van der Waals surface area contributed by atoms with Gasteiger partial charge in [-0.2, -0.15) is 0 Å². The van der Waals surface area contributed by atoms with Crippen molar-refractivity contribution in [1.82, 2.24) is 0 Å². The zero-order valence-corrected chi connectivity index (χ0v) is 20.7. The average Bonchev–Trinajstić information content (AvgIpc) is 2.34. The lowest BCUT2D eigenvalue weighted by Gasteiger charge is -2.42. The Hall–Kier alpha value is 1.25. The molecular weight excluding hydrogens is 406 g/mol. The molecule has 11 heteroatoms. The van der Waals surface area contributed by atoms with Crippen molar-refractivity contribution >= 4 is 44.8 Å². The fraction of sp³-hybridized carbons (Fsp3) is 1.00. The minimum Gasteiger partial charge on any atom is -0.394 e. The van der Waals surface area contributed by atoms with Gasteiger partial charge < -0.3 is 22.5 Å². The standard InChI is InChI=1S/C13H32O6P2S2Si/c1-11(2)17-20(14,18-12(3)4)13(5,19-24(8,9)10)23-21(22,15-6)16-7/h11-12H,1-10H3. The summed E-state index contributed by atoms with van der Waals surface area (Å²) in [4.78, 5) is 0. The molecule has 0 bridgehead atoms. The highest BCUT2D eigenvalue weighted by atomic mass is 32.9. The van der Waals surface area contributed by atoms with E-state index in [-0.39, 0.29) is 12.2 Å². The van der Waals surface area contributed by atoms with E-state index in [0.717, 1.165) is 11.4 Å². The van der Waals surface area contributed by atoms with Crippen molar-refractivity contribution in [1.29, 1.82) is 0 Å². The normalized spacial score (nSPS) is 16.7. The van der Waals surface area contributed by atoms with E-state index >= 15 is 0 Å². The largest absolute Gasteiger partial charge is 0.394 e. The van der Waals surface area contributed by atoms with Gasteiger partial charge in [0.15, 0.2) is 8.32 Å². The lowest BCUT2D eigenvalue weighted by Crippen LogP contribution is -2.40. The molecule has 0 aliphatic rings. The predicted octanol–water partition coefficient (Wildman–Crippen LogP) is 5.81. The quantitative estimate of drug-likeness (QED) is 0.228. The molecule has 1 atom stereocenters. The van der Waals surface area contributed by atoms with Crippen LogP contribution in [0.4, 0.5) is 0 Å². The molecule has 0 aromatic carbocycles. The van der Waals surface area contributed by atoms with Crippen molar-refractivity contribution in [3.8, 4) is 0 Å². The first-order valence-electron chi connectivity index (χ1n) is 7.71. The summed E-state index contributed by atoms with van der Waals surface area (Å²) < 4.78 is 41.0. The van der Waals surface area contributed by atoms with E-state index in [2.05, 4.69) is 0 Å². The highest BCUT2D eigenvalue weighted by Crippen LogP contribution is 2.76. The summed E-state index contributed by atoms with van der Waals surface area (Å²) in [6.07, 6.45) is -0.606. The topological polar surface area (TPSA) is 63.2 Å². The summed E-state index contributed by atoms with van der Waals surface area (Å²) in [6, 6.07) is 0. The van der Waals surface area contributed by atoms with Crippen LogP contribution in [0.5, 0.6) is 0 Å². The molecule has 0 saturated heterocycles. The van der Waals surface area contributed by atoms with Gasteiger partial charge >= 0.3 is 7.60 Å². The highest BCUT2D eigenvalue weighted by molar-refractivity contribution is 8.69. The molecule has 0 N–H and O–H groups in total. The lowest BCUT2D eigenvalue weighted by atomic mass is 10.5. The van der Waals surface area contributed by atoms with Crippen molar-refractivity contribution in [2.75, 3.05) is 14.2 Å². The molecule has 0 spiro atoms. The van der Waals surface area contributed by atoms with Gasteiger partial charge in [-0.15, -0.1) is 0 Å². The van der Waals surface area contributed by atoms with Gasteiger partial charge in [0.05, 0.1) is 12.2 Å². The van der Waals surface area contributed by atoms with Crippen LogP contribution < -0.4 is 0 Å². The summed E-state index contributed by atoms with van der Waals surface area (Å²) in [5.74, 6) is 0. The van der Waals surface area contributed by atoms with E-state index < -0.39 is 26.3 Å². The third-order valence-corrected chi connectivity index (χ3v) is 13.3. The maximum absolute atomic E-state index is 13.7. The van der Waals surface area contributed by atoms with Crippen LogP contribution in [0.1, 0.15) is 34.6 Å². The molecule has 0 rings (SSSR count). The van der Waals surface area contributed by atoms with Crippen LogP contribution in [0.15, 0.2) is 0 Å². The van der Waals surface area contributed by atoms with Crippen molar-refractivity contribution < 1.29 is 27.1 Å². The average molecular weight is 439 g/mol. The number of hydrogen-bond donors (Lipinski definition) is 0. The molecule has 0 aromatic heterocycles. The molecular formula is C13H32O6P2S2Si. The molecule has 0 amide bonds. The molecule has 0 aromatic rings. The van der Waals surface area contributed by atoms with Gasteiger partial charge in [-0.05, 0) is 77.4 Å². The van der Waals surface area contributed by atoms with E-state index in [1.54, 1.807) is 34.6 Å². The Kier molecular flexibility index (Phi) is 9.94. The Morgan fingerprint density at radius 1 is 1.00 bits per heavy atom. The maximum atomic E-state index is 13.7. The molecule has 0 heterocycles. The van der Waals surface area contributed by atoms with E-state index in [1.165, 1.54) is 14.2 Å².